The minimum atomic E-state index is 0.856. The molecule has 0 radical (unpaired) electrons. The van der Waals surface area contributed by atoms with E-state index in [1.807, 2.05) is 0 Å². The van der Waals surface area contributed by atoms with Crippen molar-refractivity contribution in [2.45, 2.75) is 33.6 Å². The van der Waals surface area contributed by atoms with E-state index in [0.717, 1.165) is 12.5 Å². The Balaban J connectivity index is 2.95. The Hall–Kier alpha value is -0.0400. The monoisotopic (exact) mass is 129 g/mol. The Bertz CT molecular complexity index is 52.5. The Morgan fingerprint density at radius 1 is 1.33 bits per heavy atom. The lowest BCUT2D eigenvalue weighted by molar-refractivity contribution is 0.484. The summed E-state index contributed by atoms with van der Waals surface area (Å²) in [5.74, 6) is 0.856. The normalized spacial score (nSPS) is 13.7. The van der Waals surface area contributed by atoms with Crippen molar-refractivity contribution in [1.29, 1.82) is 0 Å². The van der Waals surface area contributed by atoms with Gasteiger partial charge in [-0.15, -0.1) is 0 Å². The molecule has 0 aliphatic rings. The Kier molecular flexibility index (Phi) is 6.06. The predicted octanol–water partition coefficient (Wildman–Crippen LogP) is 2.03. The molecule has 0 aromatic carbocycles. The summed E-state index contributed by atoms with van der Waals surface area (Å²) in [5.41, 5.74) is 0. The van der Waals surface area contributed by atoms with Gasteiger partial charge in [-0.25, -0.2) is 0 Å². The third kappa shape index (κ3) is 5.84. The fourth-order valence-electron chi connectivity index (χ4n) is 0.986. The molecule has 9 heavy (non-hydrogen) atoms. The van der Waals surface area contributed by atoms with Crippen LogP contribution in [0.25, 0.3) is 0 Å². The van der Waals surface area contributed by atoms with E-state index < -0.39 is 0 Å². The summed E-state index contributed by atoms with van der Waals surface area (Å²) in [6.45, 7) is 8.98. The predicted molar refractivity (Wildman–Crippen MR) is 42.6 cm³/mol. The van der Waals surface area contributed by atoms with Gasteiger partial charge in [0.15, 0.2) is 0 Å². The largest absolute Gasteiger partial charge is 0.317 e. The average Bonchev–Trinajstić information content (AvgIpc) is 1.85. The molecule has 0 bridgehead atoms. The molecule has 0 heterocycles. The van der Waals surface area contributed by atoms with Gasteiger partial charge in [0, 0.05) is 0 Å². The molecule has 0 saturated carbocycles. The van der Waals surface area contributed by atoms with E-state index in [2.05, 4.69) is 26.1 Å². The fraction of sp³-hybridized carbons (Fsp3) is 1.00. The van der Waals surface area contributed by atoms with Gasteiger partial charge in [0.1, 0.15) is 0 Å². The zero-order valence-corrected chi connectivity index (χ0v) is 6.91. The summed E-state index contributed by atoms with van der Waals surface area (Å²) in [5, 5.41) is 3.33. The van der Waals surface area contributed by atoms with Crippen LogP contribution in [0.5, 0.6) is 0 Å². The number of nitrogens with one attached hydrogen (secondary N) is 1. The first kappa shape index (κ1) is 8.96. The molecule has 1 unspecified atom stereocenters. The minimum absolute atomic E-state index is 0.856. The summed E-state index contributed by atoms with van der Waals surface area (Å²) >= 11 is 0. The molecular weight excluding hydrogens is 110 g/mol. The number of hydrogen-bond donors (Lipinski definition) is 1. The van der Waals surface area contributed by atoms with E-state index in [4.69, 9.17) is 0 Å². The van der Waals surface area contributed by atoms with Crippen molar-refractivity contribution in [3.63, 3.8) is 0 Å². The van der Waals surface area contributed by atoms with Gasteiger partial charge in [0.25, 0.3) is 0 Å². The van der Waals surface area contributed by atoms with Gasteiger partial charge in [-0.3, -0.25) is 0 Å². The van der Waals surface area contributed by atoms with Gasteiger partial charge in [-0.2, -0.15) is 0 Å². The number of hydrogen-bond acceptors (Lipinski definition) is 1. The molecule has 0 saturated heterocycles. The van der Waals surface area contributed by atoms with Crippen molar-refractivity contribution >= 4 is 0 Å². The Morgan fingerprint density at radius 3 is 2.44 bits per heavy atom. The van der Waals surface area contributed by atoms with Crippen LogP contribution in [-0.2, 0) is 0 Å². The maximum Gasteiger partial charge on any atom is -0.00233 e. The third-order valence-corrected chi connectivity index (χ3v) is 1.52. The highest BCUT2D eigenvalue weighted by Gasteiger charge is 1.96. The molecule has 0 fully saturated rings. The van der Waals surface area contributed by atoms with Crippen LogP contribution in [0.1, 0.15) is 33.6 Å². The first-order chi connectivity index (χ1) is 4.31. The van der Waals surface area contributed by atoms with Crippen molar-refractivity contribution in [2.75, 3.05) is 13.1 Å². The molecule has 56 valence electrons. The molecule has 0 aromatic rings. The highest BCUT2D eigenvalue weighted by atomic mass is 14.8. The third-order valence-electron chi connectivity index (χ3n) is 1.52. The highest BCUT2D eigenvalue weighted by Crippen LogP contribution is 2.01. The van der Waals surface area contributed by atoms with Crippen LogP contribution in [0.4, 0.5) is 0 Å². The number of rotatable bonds is 5. The first-order valence-corrected chi connectivity index (χ1v) is 4.02. The molecule has 0 rings (SSSR count). The highest BCUT2D eigenvalue weighted by molar-refractivity contribution is 4.53. The molecule has 1 nitrogen and oxygen atoms in total. The molecule has 0 aliphatic carbocycles. The van der Waals surface area contributed by atoms with E-state index in [-0.39, 0.29) is 0 Å². The van der Waals surface area contributed by atoms with Crippen LogP contribution in [-0.4, -0.2) is 13.1 Å². The molecule has 0 aliphatic heterocycles. The van der Waals surface area contributed by atoms with E-state index in [1.54, 1.807) is 0 Å². The standard InChI is InChI=1S/C8H19N/c1-4-6-8(3)7-9-5-2/h8-9H,4-7H2,1-3H3. The lowest BCUT2D eigenvalue weighted by atomic mass is 10.1. The van der Waals surface area contributed by atoms with Crippen molar-refractivity contribution in [3.8, 4) is 0 Å². The maximum atomic E-state index is 3.33. The summed E-state index contributed by atoms with van der Waals surface area (Å²) in [6.07, 6.45) is 2.67. The zero-order chi connectivity index (χ0) is 7.11. The molecular formula is C8H19N. The van der Waals surface area contributed by atoms with Crippen LogP contribution < -0.4 is 5.32 Å². The van der Waals surface area contributed by atoms with Gasteiger partial charge in [-0.1, -0.05) is 27.2 Å². The second-order valence-electron chi connectivity index (χ2n) is 2.70. The second-order valence-corrected chi connectivity index (χ2v) is 2.70. The lowest BCUT2D eigenvalue weighted by Crippen LogP contribution is -2.20. The zero-order valence-electron chi connectivity index (χ0n) is 6.91. The van der Waals surface area contributed by atoms with Gasteiger partial charge in [0.2, 0.25) is 0 Å². The van der Waals surface area contributed by atoms with Crippen LogP contribution in [0.2, 0.25) is 0 Å². The minimum Gasteiger partial charge on any atom is -0.317 e. The van der Waals surface area contributed by atoms with E-state index in [1.165, 1.54) is 19.4 Å². The quantitative estimate of drug-likeness (QED) is 0.599. The molecule has 1 heteroatoms. The van der Waals surface area contributed by atoms with E-state index in [9.17, 15) is 0 Å². The molecule has 0 amide bonds. The van der Waals surface area contributed by atoms with Crippen molar-refractivity contribution in [1.82, 2.24) is 5.32 Å². The van der Waals surface area contributed by atoms with Crippen LogP contribution >= 0.6 is 0 Å². The summed E-state index contributed by atoms with van der Waals surface area (Å²) < 4.78 is 0. The van der Waals surface area contributed by atoms with Crippen LogP contribution in [0.3, 0.4) is 0 Å². The molecule has 1 atom stereocenters. The smallest absolute Gasteiger partial charge is 0.00233 e. The Labute approximate surface area is 58.8 Å². The van der Waals surface area contributed by atoms with Crippen molar-refractivity contribution in [2.24, 2.45) is 5.92 Å². The van der Waals surface area contributed by atoms with Crippen LogP contribution in [0.15, 0.2) is 0 Å². The molecule has 0 spiro atoms. The fourth-order valence-corrected chi connectivity index (χ4v) is 0.986. The average molecular weight is 129 g/mol. The van der Waals surface area contributed by atoms with Gasteiger partial charge in [-0.05, 0) is 25.4 Å². The summed E-state index contributed by atoms with van der Waals surface area (Å²) in [7, 11) is 0. The molecule has 1 N–H and O–H groups in total. The van der Waals surface area contributed by atoms with Gasteiger partial charge in [0.05, 0.1) is 0 Å². The van der Waals surface area contributed by atoms with E-state index >= 15 is 0 Å². The topological polar surface area (TPSA) is 12.0 Å². The lowest BCUT2D eigenvalue weighted by Gasteiger charge is -2.08. The SMILES string of the molecule is CCCC(C)CNCC. The second kappa shape index (κ2) is 6.09. The maximum absolute atomic E-state index is 3.33. The first-order valence-electron chi connectivity index (χ1n) is 4.02. The summed E-state index contributed by atoms with van der Waals surface area (Å²) in [6, 6.07) is 0. The van der Waals surface area contributed by atoms with Gasteiger partial charge >= 0.3 is 0 Å². The van der Waals surface area contributed by atoms with Gasteiger partial charge < -0.3 is 5.32 Å². The van der Waals surface area contributed by atoms with Crippen molar-refractivity contribution < 1.29 is 0 Å². The summed E-state index contributed by atoms with van der Waals surface area (Å²) in [4.78, 5) is 0. The van der Waals surface area contributed by atoms with E-state index in [0.29, 0.717) is 0 Å². The molecule has 0 aromatic heterocycles. The Morgan fingerprint density at radius 2 is 2.00 bits per heavy atom. The van der Waals surface area contributed by atoms with Crippen molar-refractivity contribution in [3.05, 3.63) is 0 Å². The van der Waals surface area contributed by atoms with Crippen LogP contribution in [0, 0.1) is 5.92 Å².